The van der Waals surface area contributed by atoms with Gasteiger partial charge in [0.05, 0.1) is 11.1 Å². The molecule has 0 bridgehead atoms. The SMILES string of the molecule is O=C(O)c1cc([N+](=O)[O-])cn1CCC1CC1. The van der Waals surface area contributed by atoms with Crippen LogP contribution in [-0.2, 0) is 6.54 Å². The zero-order chi connectivity index (χ0) is 11.7. The van der Waals surface area contributed by atoms with E-state index in [1.165, 1.54) is 23.6 Å². The van der Waals surface area contributed by atoms with Gasteiger partial charge in [-0.05, 0) is 12.3 Å². The minimum Gasteiger partial charge on any atom is -0.477 e. The molecule has 1 heterocycles. The maximum absolute atomic E-state index is 10.9. The minimum absolute atomic E-state index is 0.00708. The van der Waals surface area contributed by atoms with Gasteiger partial charge in [0, 0.05) is 12.6 Å². The Morgan fingerprint density at radius 2 is 2.31 bits per heavy atom. The van der Waals surface area contributed by atoms with Crippen molar-refractivity contribution in [1.29, 1.82) is 0 Å². The standard InChI is InChI=1S/C10H12N2O4/c13-10(14)9-5-8(12(15)16)6-11(9)4-3-7-1-2-7/h5-7H,1-4H2,(H,13,14). The third-order valence-corrected chi connectivity index (χ3v) is 2.79. The lowest BCUT2D eigenvalue weighted by Gasteiger charge is -2.03. The Bertz CT molecular complexity index is 434. The summed E-state index contributed by atoms with van der Waals surface area (Å²) in [5.74, 6) is -0.452. The van der Waals surface area contributed by atoms with Gasteiger partial charge in [0.2, 0.25) is 0 Å². The highest BCUT2D eigenvalue weighted by atomic mass is 16.6. The molecule has 1 aliphatic carbocycles. The maximum atomic E-state index is 10.9. The van der Waals surface area contributed by atoms with Crippen molar-refractivity contribution in [3.05, 3.63) is 28.1 Å². The molecule has 86 valence electrons. The normalized spacial score (nSPS) is 15.0. The average Bonchev–Trinajstić information content (AvgIpc) is 2.92. The molecule has 0 spiro atoms. The Morgan fingerprint density at radius 3 is 2.81 bits per heavy atom. The van der Waals surface area contributed by atoms with E-state index in [0.29, 0.717) is 12.5 Å². The van der Waals surface area contributed by atoms with E-state index >= 15 is 0 Å². The van der Waals surface area contributed by atoms with E-state index < -0.39 is 10.9 Å². The van der Waals surface area contributed by atoms with Crippen LogP contribution in [0.1, 0.15) is 29.8 Å². The van der Waals surface area contributed by atoms with E-state index in [9.17, 15) is 14.9 Å². The summed E-state index contributed by atoms with van der Waals surface area (Å²) in [5.41, 5.74) is -0.166. The van der Waals surface area contributed by atoms with Gasteiger partial charge >= 0.3 is 5.97 Å². The predicted octanol–water partition coefficient (Wildman–Crippen LogP) is 1.89. The predicted molar refractivity (Wildman–Crippen MR) is 55.4 cm³/mol. The Morgan fingerprint density at radius 1 is 1.62 bits per heavy atom. The summed E-state index contributed by atoms with van der Waals surface area (Å²) in [4.78, 5) is 20.8. The molecule has 1 aliphatic rings. The summed E-state index contributed by atoms with van der Waals surface area (Å²) >= 11 is 0. The molecule has 1 aromatic heterocycles. The van der Waals surface area contributed by atoms with Gasteiger partial charge in [-0.1, -0.05) is 12.8 Å². The minimum atomic E-state index is -1.12. The molecule has 0 saturated heterocycles. The van der Waals surface area contributed by atoms with Crippen LogP contribution < -0.4 is 0 Å². The van der Waals surface area contributed by atoms with Crippen molar-refractivity contribution in [2.24, 2.45) is 5.92 Å². The second kappa shape index (κ2) is 3.96. The van der Waals surface area contributed by atoms with Crippen molar-refractivity contribution >= 4 is 11.7 Å². The van der Waals surface area contributed by atoms with Gasteiger partial charge in [-0.15, -0.1) is 0 Å². The molecule has 1 fully saturated rings. The smallest absolute Gasteiger partial charge is 0.352 e. The largest absolute Gasteiger partial charge is 0.477 e. The summed E-state index contributed by atoms with van der Waals surface area (Å²) in [6.07, 6.45) is 4.56. The molecule has 1 saturated carbocycles. The third kappa shape index (κ3) is 2.21. The van der Waals surface area contributed by atoms with Crippen LogP contribution >= 0.6 is 0 Å². The lowest BCUT2D eigenvalue weighted by atomic mass is 10.3. The number of rotatable bonds is 5. The van der Waals surface area contributed by atoms with Crippen molar-refractivity contribution in [3.8, 4) is 0 Å². The van der Waals surface area contributed by atoms with Gasteiger partial charge < -0.3 is 9.67 Å². The fourth-order valence-electron chi connectivity index (χ4n) is 1.69. The van der Waals surface area contributed by atoms with E-state index in [-0.39, 0.29) is 11.4 Å². The van der Waals surface area contributed by atoms with Gasteiger partial charge in [0.1, 0.15) is 5.69 Å². The molecule has 6 heteroatoms. The average molecular weight is 224 g/mol. The van der Waals surface area contributed by atoms with Gasteiger partial charge in [-0.3, -0.25) is 10.1 Å². The number of aromatic nitrogens is 1. The monoisotopic (exact) mass is 224 g/mol. The first-order chi connectivity index (χ1) is 7.58. The Hall–Kier alpha value is -1.85. The van der Waals surface area contributed by atoms with Crippen molar-refractivity contribution in [1.82, 2.24) is 4.57 Å². The first kappa shape index (κ1) is 10.7. The highest BCUT2D eigenvalue weighted by molar-refractivity contribution is 5.86. The number of carbonyl (C=O) groups is 1. The molecular formula is C10H12N2O4. The molecule has 0 aliphatic heterocycles. The molecule has 6 nitrogen and oxygen atoms in total. The highest BCUT2D eigenvalue weighted by Gasteiger charge is 2.23. The Balaban J connectivity index is 2.18. The van der Waals surface area contributed by atoms with Crippen LogP contribution in [0.2, 0.25) is 0 Å². The first-order valence-electron chi connectivity index (χ1n) is 5.16. The Labute approximate surface area is 91.6 Å². The second-order valence-corrected chi connectivity index (χ2v) is 4.07. The highest BCUT2D eigenvalue weighted by Crippen LogP contribution is 2.33. The first-order valence-corrected chi connectivity index (χ1v) is 5.16. The van der Waals surface area contributed by atoms with Gasteiger partial charge in [0.15, 0.2) is 0 Å². The van der Waals surface area contributed by atoms with E-state index in [1.54, 1.807) is 0 Å². The topological polar surface area (TPSA) is 85.4 Å². The van der Waals surface area contributed by atoms with Crippen molar-refractivity contribution in [2.45, 2.75) is 25.8 Å². The van der Waals surface area contributed by atoms with E-state index in [0.717, 1.165) is 12.5 Å². The van der Waals surface area contributed by atoms with Crippen LogP contribution in [0, 0.1) is 16.0 Å². The molecule has 16 heavy (non-hydrogen) atoms. The summed E-state index contributed by atoms with van der Waals surface area (Å²) in [6.45, 7) is 0.542. The summed E-state index contributed by atoms with van der Waals surface area (Å²) in [7, 11) is 0. The van der Waals surface area contributed by atoms with E-state index in [4.69, 9.17) is 5.11 Å². The molecule has 0 unspecified atom stereocenters. The van der Waals surface area contributed by atoms with E-state index in [1.807, 2.05) is 0 Å². The van der Waals surface area contributed by atoms with Gasteiger partial charge in [-0.2, -0.15) is 0 Å². The molecule has 0 amide bonds. The second-order valence-electron chi connectivity index (χ2n) is 4.07. The maximum Gasteiger partial charge on any atom is 0.352 e. The van der Waals surface area contributed by atoms with Gasteiger partial charge in [0.25, 0.3) is 5.69 Å². The number of aryl methyl sites for hydroxylation is 1. The quantitative estimate of drug-likeness (QED) is 0.611. The third-order valence-electron chi connectivity index (χ3n) is 2.79. The van der Waals surface area contributed by atoms with Crippen LogP contribution in [0.5, 0.6) is 0 Å². The zero-order valence-electron chi connectivity index (χ0n) is 8.63. The van der Waals surface area contributed by atoms with Crippen LogP contribution in [0.4, 0.5) is 5.69 Å². The molecule has 1 aromatic rings. The van der Waals surface area contributed by atoms with Crippen LogP contribution in [0.3, 0.4) is 0 Å². The van der Waals surface area contributed by atoms with Crippen LogP contribution in [0.15, 0.2) is 12.3 Å². The molecule has 0 aromatic carbocycles. The molecular weight excluding hydrogens is 212 g/mol. The summed E-state index contributed by atoms with van der Waals surface area (Å²) < 4.78 is 1.46. The molecule has 0 radical (unpaired) electrons. The number of carboxylic acids is 1. The fraction of sp³-hybridized carbons (Fsp3) is 0.500. The molecule has 0 atom stereocenters. The van der Waals surface area contributed by atoms with E-state index in [2.05, 4.69) is 0 Å². The number of nitro groups is 1. The lowest BCUT2D eigenvalue weighted by molar-refractivity contribution is -0.384. The van der Waals surface area contributed by atoms with Crippen molar-refractivity contribution in [3.63, 3.8) is 0 Å². The molecule has 1 N–H and O–H groups in total. The summed E-state index contributed by atoms with van der Waals surface area (Å²) in [6, 6.07) is 1.11. The number of carboxylic acid groups (broad SMARTS) is 1. The number of nitrogens with zero attached hydrogens (tertiary/aromatic N) is 2. The van der Waals surface area contributed by atoms with Crippen molar-refractivity contribution < 1.29 is 14.8 Å². The number of hydrogen-bond acceptors (Lipinski definition) is 3. The molecule has 2 rings (SSSR count). The fourth-order valence-corrected chi connectivity index (χ4v) is 1.69. The summed E-state index contributed by atoms with van der Waals surface area (Å²) in [5, 5.41) is 19.4. The zero-order valence-corrected chi connectivity index (χ0v) is 8.63. The number of aromatic carboxylic acids is 1. The van der Waals surface area contributed by atoms with Crippen molar-refractivity contribution in [2.75, 3.05) is 0 Å². The number of hydrogen-bond donors (Lipinski definition) is 1. The Kier molecular flexibility index (Phi) is 2.64. The lowest BCUT2D eigenvalue weighted by Crippen LogP contribution is -2.07. The van der Waals surface area contributed by atoms with Gasteiger partial charge in [-0.25, -0.2) is 4.79 Å². The van der Waals surface area contributed by atoms with Crippen LogP contribution in [-0.4, -0.2) is 20.6 Å². The van der Waals surface area contributed by atoms with Crippen LogP contribution in [0.25, 0.3) is 0 Å².